The second-order valence-corrected chi connectivity index (χ2v) is 19.8. The molecule has 4 aromatic rings. The van der Waals surface area contributed by atoms with E-state index in [0.29, 0.717) is 32.7 Å². The fourth-order valence-corrected chi connectivity index (χ4v) is 9.32. The third-order valence-corrected chi connectivity index (χ3v) is 12.7. The summed E-state index contributed by atoms with van der Waals surface area (Å²) in [5.74, 6) is -0.373. The number of carbonyl (C=O) groups excluding carboxylic acids is 4. The van der Waals surface area contributed by atoms with Crippen LogP contribution in [0.25, 0.3) is 11.1 Å². The Labute approximate surface area is 390 Å². The first kappa shape index (κ1) is 48.8. The van der Waals surface area contributed by atoms with Crippen LogP contribution < -0.4 is 25.4 Å². The Morgan fingerprint density at radius 2 is 1.49 bits per heavy atom. The normalized spacial score (nSPS) is 20.1. The zero-order valence-electron chi connectivity index (χ0n) is 37.7. The third-order valence-electron chi connectivity index (χ3n) is 12.2. The van der Waals surface area contributed by atoms with E-state index in [1.807, 2.05) is 57.2 Å². The molecule has 2 aliphatic rings. The number of nitrogens with zero attached hydrogens (tertiary/aromatic N) is 2. The zero-order valence-corrected chi connectivity index (χ0v) is 39.3. The van der Waals surface area contributed by atoms with Crippen molar-refractivity contribution in [3.05, 3.63) is 118 Å². The molecular weight excluding hydrogens is 869 g/mol. The first-order valence-corrected chi connectivity index (χ1v) is 22.3. The van der Waals surface area contributed by atoms with Gasteiger partial charge in [0, 0.05) is 53.0 Å². The highest BCUT2D eigenvalue weighted by Crippen LogP contribution is 2.55. The Morgan fingerprint density at radius 3 is 2.09 bits per heavy atom. The van der Waals surface area contributed by atoms with Gasteiger partial charge in [-0.2, -0.15) is 5.26 Å². The Bertz CT molecular complexity index is 2380. The summed E-state index contributed by atoms with van der Waals surface area (Å²) < 4.78 is 17.8. The Hall–Kier alpha value is -5.65. The molecule has 13 nitrogen and oxygen atoms in total. The number of nitrogens with one attached hydrogen (secondary N) is 3. The number of carbonyl (C=O) groups is 4. The van der Waals surface area contributed by atoms with Crippen molar-refractivity contribution in [2.75, 3.05) is 26.4 Å². The maximum Gasteiger partial charge on any atom is 0.251 e. The summed E-state index contributed by atoms with van der Waals surface area (Å²) in [7, 11) is 0. The fourth-order valence-electron chi connectivity index (χ4n) is 8.98. The van der Waals surface area contributed by atoms with Crippen LogP contribution in [0.4, 0.5) is 0 Å². The summed E-state index contributed by atoms with van der Waals surface area (Å²) in [4.78, 5) is 54.9. The van der Waals surface area contributed by atoms with Crippen LogP contribution in [0, 0.1) is 27.6 Å². The first-order chi connectivity index (χ1) is 30.7. The van der Waals surface area contributed by atoms with E-state index in [9.17, 15) is 29.5 Å². The van der Waals surface area contributed by atoms with Crippen molar-refractivity contribution >= 4 is 46.8 Å². The predicted molar refractivity (Wildman–Crippen MR) is 248 cm³/mol. The number of aliphatic hydroxyl groups is 1. The lowest BCUT2D eigenvalue weighted by Gasteiger charge is -2.63. The first-order valence-electron chi connectivity index (χ1n) is 21.6. The standard InChI is InChI=1S/C50H57Cl2N5O8/c1-48(2,3)42(45(62)57-28-36(58)24-40(57)44(61)54-27-30-8-17-35(51)18-9-30)55-41(59)29-63-22-23-64-37-19-14-32(15-20-37)31-10-12-33(13-11-31)43(60)56-46-49(4,5)47(50(46,6)7)65-38-21-16-34(26-53)39(52)25-38/h8-21,25,36,40,42,46-47,58H,22-24,27-29H2,1-7H3,(H,54,61)(H,55,59)(H,56,60)/t36-,40+,42-,46-,47-/m1/s1. The number of nitriles is 1. The minimum atomic E-state index is -0.983. The molecule has 15 heteroatoms. The van der Waals surface area contributed by atoms with Gasteiger partial charge in [0.2, 0.25) is 17.7 Å². The highest BCUT2D eigenvalue weighted by molar-refractivity contribution is 6.31. The molecule has 1 heterocycles. The lowest BCUT2D eigenvalue weighted by Crippen LogP contribution is -2.74. The highest BCUT2D eigenvalue weighted by Gasteiger charge is 2.64. The lowest BCUT2D eigenvalue weighted by molar-refractivity contribution is -0.164. The number of ether oxygens (including phenoxy) is 3. The number of hydrogen-bond donors (Lipinski definition) is 4. The van der Waals surface area contributed by atoms with Gasteiger partial charge in [0.05, 0.1) is 23.3 Å². The van der Waals surface area contributed by atoms with E-state index >= 15 is 0 Å². The van der Waals surface area contributed by atoms with E-state index in [1.54, 1.807) is 54.6 Å². The van der Waals surface area contributed by atoms with Gasteiger partial charge in [0.1, 0.15) is 49.0 Å². The van der Waals surface area contributed by atoms with Crippen LogP contribution in [0.5, 0.6) is 11.5 Å². The van der Waals surface area contributed by atoms with Gasteiger partial charge >= 0.3 is 0 Å². The molecule has 4 N–H and O–H groups in total. The molecule has 0 spiro atoms. The summed E-state index contributed by atoms with van der Waals surface area (Å²) in [5.41, 5.74) is 2.09. The van der Waals surface area contributed by atoms with Gasteiger partial charge in [0.15, 0.2) is 0 Å². The molecule has 0 bridgehead atoms. The molecule has 6 rings (SSSR count). The average molecular weight is 927 g/mol. The molecule has 0 aromatic heterocycles. The highest BCUT2D eigenvalue weighted by atomic mass is 35.5. The lowest BCUT2D eigenvalue weighted by atomic mass is 9.49. The molecule has 1 aliphatic heterocycles. The van der Waals surface area contributed by atoms with Crippen LogP contribution in [0.1, 0.15) is 76.4 Å². The van der Waals surface area contributed by atoms with Crippen molar-refractivity contribution in [2.24, 2.45) is 16.2 Å². The zero-order chi connectivity index (χ0) is 47.3. The van der Waals surface area contributed by atoms with Crippen molar-refractivity contribution in [1.82, 2.24) is 20.9 Å². The smallest absolute Gasteiger partial charge is 0.251 e. The van der Waals surface area contributed by atoms with Gasteiger partial charge in [-0.3, -0.25) is 19.2 Å². The molecule has 0 radical (unpaired) electrons. The minimum Gasteiger partial charge on any atom is -0.491 e. The SMILES string of the molecule is CC(C)(C)[C@H](NC(=O)COCCOc1ccc(-c2ccc(C(=O)N[C@H]3C(C)(C)[C@H](Oc4ccc(C#N)c(Cl)c4)C3(C)C)cc2)cc1)C(=O)N1C[C@H](O)C[C@H]1C(=O)NCc1ccc(Cl)cc1. The number of halogens is 2. The number of rotatable bonds is 16. The third kappa shape index (κ3) is 11.6. The molecule has 3 atom stereocenters. The largest absolute Gasteiger partial charge is 0.491 e. The predicted octanol–water partition coefficient (Wildman–Crippen LogP) is 7.35. The number of benzene rings is 4. The Balaban J connectivity index is 0.937. The molecule has 2 fully saturated rings. The van der Waals surface area contributed by atoms with Crippen molar-refractivity contribution in [1.29, 1.82) is 5.26 Å². The van der Waals surface area contributed by atoms with Crippen LogP contribution in [0.15, 0.2) is 91.0 Å². The quantitative estimate of drug-likeness (QED) is 0.0837. The van der Waals surface area contributed by atoms with Gasteiger partial charge in [-0.25, -0.2) is 0 Å². The van der Waals surface area contributed by atoms with Gasteiger partial charge in [-0.1, -0.05) is 108 Å². The minimum absolute atomic E-state index is 0.0304. The van der Waals surface area contributed by atoms with E-state index in [0.717, 1.165) is 16.7 Å². The van der Waals surface area contributed by atoms with Gasteiger partial charge in [0.25, 0.3) is 5.91 Å². The van der Waals surface area contributed by atoms with Crippen LogP contribution >= 0.6 is 23.2 Å². The fraction of sp³-hybridized carbons (Fsp3) is 0.420. The van der Waals surface area contributed by atoms with E-state index < -0.39 is 52.2 Å². The molecule has 1 aliphatic carbocycles. The second-order valence-electron chi connectivity index (χ2n) is 18.9. The topological polar surface area (TPSA) is 179 Å². The monoisotopic (exact) mass is 925 g/mol. The molecular formula is C50H57Cl2N5O8. The number of aliphatic hydroxyl groups excluding tert-OH is 1. The Morgan fingerprint density at radius 1 is 0.877 bits per heavy atom. The maximum atomic E-state index is 13.9. The summed E-state index contributed by atoms with van der Waals surface area (Å²) in [6.45, 7) is 13.8. The van der Waals surface area contributed by atoms with E-state index in [-0.39, 0.29) is 57.4 Å². The molecule has 0 unspecified atom stereocenters. The van der Waals surface area contributed by atoms with Crippen LogP contribution in [0.2, 0.25) is 10.0 Å². The molecule has 4 aromatic carbocycles. The summed E-state index contributed by atoms with van der Waals surface area (Å²) >= 11 is 12.2. The van der Waals surface area contributed by atoms with Gasteiger partial charge < -0.3 is 40.2 Å². The molecule has 1 saturated carbocycles. The maximum absolute atomic E-state index is 13.9. The van der Waals surface area contributed by atoms with E-state index in [1.165, 1.54) is 4.90 Å². The van der Waals surface area contributed by atoms with Crippen molar-refractivity contribution < 1.29 is 38.5 Å². The molecule has 65 heavy (non-hydrogen) atoms. The number of hydrogen-bond acceptors (Lipinski definition) is 9. The van der Waals surface area contributed by atoms with E-state index in [4.69, 9.17) is 37.4 Å². The van der Waals surface area contributed by atoms with Crippen molar-refractivity contribution in [3.8, 4) is 28.7 Å². The van der Waals surface area contributed by atoms with Gasteiger partial charge in [-0.05, 0) is 70.6 Å². The Kier molecular flexibility index (Phi) is 15.2. The van der Waals surface area contributed by atoms with E-state index in [2.05, 4.69) is 49.7 Å². The molecule has 344 valence electrons. The summed E-state index contributed by atoms with van der Waals surface area (Å²) in [6, 6.07) is 26.9. The van der Waals surface area contributed by atoms with Crippen LogP contribution in [-0.2, 0) is 25.7 Å². The molecule has 1 saturated heterocycles. The number of likely N-dealkylation sites (tertiary alicyclic amines) is 1. The van der Waals surface area contributed by atoms with Crippen molar-refractivity contribution in [3.63, 3.8) is 0 Å². The average Bonchev–Trinajstić information content (AvgIpc) is 3.67. The number of β-amino-alcohol motifs (C(OH)–C–C–N with tert-alkyl or cyclic N) is 1. The summed E-state index contributed by atoms with van der Waals surface area (Å²) in [6.07, 6.45) is -1.01. The van der Waals surface area contributed by atoms with Crippen molar-refractivity contribution in [2.45, 2.75) is 91.8 Å². The van der Waals surface area contributed by atoms with Crippen LogP contribution in [0.3, 0.4) is 0 Å². The second kappa shape index (κ2) is 20.3. The van der Waals surface area contributed by atoms with Crippen LogP contribution in [-0.4, -0.2) is 90.3 Å². The molecule has 4 amide bonds. The summed E-state index contributed by atoms with van der Waals surface area (Å²) in [5, 5.41) is 29.4. The number of amides is 4. The van der Waals surface area contributed by atoms with Gasteiger partial charge in [-0.15, -0.1) is 0 Å².